The Morgan fingerprint density at radius 3 is 2.50 bits per heavy atom. The lowest BCUT2D eigenvalue weighted by Crippen LogP contribution is -2.44. The highest BCUT2D eigenvalue weighted by molar-refractivity contribution is 7.23. The van der Waals surface area contributed by atoms with Crippen LogP contribution in [0.1, 0.15) is 27.7 Å². The zero-order valence-electron chi connectivity index (χ0n) is 17.8. The first-order chi connectivity index (χ1) is 14.1. The molecule has 30 heavy (non-hydrogen) atoms. The van der Waals surface area contributed by atoms with E-state index < -0.39 is 18.8 Å². The topological polar surface area (TPSA) is 104 Å². The highest BCUT2D eigenvalue weighted by Crippen LogP contribution is 2.33. The summed E-state index contributed by atoms with van der Waals surface area (Å²) >= 11 is 1.32. The normalized spacial score (nSPS) is 15.4. The molecule has 1 amide bonds. The van der Waals surface area contributed by atoms with Gasteiger partial charge in [-0.05, 0) is 39.8 Å². The molecule has 1 fully saturated rings. The minimum absolute atomic E-state index is 0.0275. The second-order valence-corrected chi connectivity index (χ2v) is 9.18. The van der Waals surface area contributed by atoms with Crippen LogP contribution < -0.4 is 10.5 Å². The molecule has 3 rings (SSSR count). The number of ether oxygens (including phenoxy) is 2. The van der Waals surface area contributed by atoms with Gasteiger partial charge < -0.3 is 24.4 Å². The fourth-order valence-electron chi connectivity index (χ4n) is 3.32. The molecule has 2 N–H and O–H groups in total. The van der Waals surface area contributed by atoms with Crippen molar-refractivity contribution in [3.05, 3.63) is 12.1 Å². The van der Waals surface area contributed by atoms with Gasteiger partial charge in [0.2, 0.25) is 5.91 Å². The summed E-state index contributed by atoms with van der Waals surface area (Å²) in [5, 5.41) is 20.1. The minimum atomic E-state index is -1.83. The van der Waals surface area contributed by atoms with E-state index in [0.29, 0.717) is 41.5 Å². The average Bonchev–Trinajstić information content (AvgIpc) is 3.19. The van der Waals surface area contributed by atoms with Crippen LogP contribution in [-0.2, 0) is 14.3 Å². The lowest BCUT2D eigenvalue weighted by molar-refractivity contribution is -0.120. The molecule has 0 aliphatic carbocycles. The van der Waals surface area contributed by atoms with Crippen molar-refractivity contribution in [1.82, 2.24) is 9.47 Å². The largest absolute Gasteiger partial charge is 0.506 e. The zero-order valence-corrected chi connectivity index (χ0v) is 18.6. The number of morpholine rings is 1. The molecule has 0 saturated carbocycles. The van der Waals surface area contributed by atoms with Crippen molar-refractivity contribution < 1.29 is 29.1 Å². The maximum Gasteiger partial charge on any atom is 0.506 e. The molecule has 3 heterocycles. The molecule has 164 valence electrons. The molecule has 0 radical (unpaired) electrons. The maximum atomic E-state index is 12.9. The SMILES string of the molecule is CCN(C(=O)CN1CCOCC1)c1cc2c(cc(B(O)O)n2C(=O)OC(C)(C)C)s1. The van der Waals surface area contributed by atoms with Crippen LogP contribution in [0.4, 0.5) is 9.80 Å². The highest BCUT2D eigenvalue weighted by atomic mass is 32.1. The van der Waals surface area contributed by atoms with Gasteiger partial charge in [-0.3, -0.25) is 14.3 Å². The molecule has 11 heteroatoms. The third-order valence-electron chi connectivity index (χ3n) is 4.69. The molecule has 2 aromatic heterocycles. The minimum Gasteiger partial charge on any atom is -0.443 e. The lowest BCUT2D eigenvalue weighted by atomic mass is 9.86. The van der Waals surface area contributed by atoms with Crippen LogP contribution in [-0.4, -0.2) is 83.6 Å². The van der Waals surface area contributed by atoms with Crippen LogP contribution in [0, 0.1) is 0 Å². The molecule has 0 unspecified atom stereocenters. The van der Waals surface area contributed by atoms with Gasteiger partial charge in [-0.25, -0.2) is 4.79 Å². The summed E-state index contributed by atoms with van der Waals surface area (Å²) in [7, 11) is -1.83. The average molecular weight is 437 g/mol. The van der Waals surface area contributed by atoms with E-state index in [2.05, 4.69) is 4.90 Å². The molecule has 1 aliphatic rings. The van der Waals surface area contributed by atoms with Gasteiger partial charge in [-0.1, -0.05) is 0 Å². The Hall–Kier alpha value is -1.92. The van der Waals surface area contributed by atoms with E-state index in [-0.39, 0.29) is 11.5 Å². The number of carbonyl (C=O) groups is 2. The molecule has 1 saturated heterocycles. The standard InChI is InChI=1S/C19H28BN3O6S/c1-5-22(16(24)12-21-6-8-28-9-7-21)17-10-13-14(30-17)11-15(20(26)27)23(13)18(25)29-19(2,3)4/h10-11,26-27H,5-9,12H2,1-4H3. The fraction of sp³-hybridized carbons (Fsp3) is 0.579. The van der Waals surface area contributed by atoms with E-state index in [9.17, 15) is 19.6 Å². The first-order valence-corrected chi connectivity index (χ1v) is 10.8. The lowest BCUT2D eigenvalue weighted by Gasteiger charge is -2.28. The molecule has 0 aromatic carbocycles. The van der Waals surface area contributed by atoms with E-state index >= 15 is 0 Å². The first-order valence-electron chi connectivity index (χ1n) is 9.96. The van der Waals surface area contributed by atoms with Gasteiger partial charge in [0.05, 0.1) is 35.6 Å². The molecule has 9 nitrogen and oxygen atoms in total. The van der Waals surface area contributed by atoms with E-state index in [1.54, 1.807) is 37.8 Å². The summed E-state index contributed by atoms with van der Waals surface area (Å²) < 4.78 is 12.6. The number of nitrogens with zero attached hydrogens (tertiary/aromatic N) is 3. The van der Waals surface area contributed by atoms with E-state index in [4.69, 9.17) is 9.47 Å². The van der Waals surface area contributed by atoms with Crippen molar-refractivity contribution >= 4 is 51.3 Å². The number of thiophene rings is 1. The Morgan fingerprint density at radius 1 is 1.27 bits per heavy atom. The zero-order chi connectivity index (χ0) is 22.1. The van der Waals surface area contributed by atoms with Gasteiger partial charge in [0.15, 0.2) is 0 Å². The van der Waals surface area contributed by atoms with Crippen LogP contribution >= 0.6 is 11.3 Å². The second kappa shape index (κ2) is 9.07. The summed E-state index contributed by atoms with van der Waals surface area (Å²) in [6, 6.07) is 3.26. The number of fused-ring (bicyclic) bond motifs is 1. The molecule has 1 aliphatic heterocycles. The number of rotatable bonds is 5. The van der Waals surface area contributed by atoms with Gasteiger partial charge in [0, 0.05) is 19.6 Å². The predicted octanol–water partition coefficient (Wildman–Crippen LogP) is 0.851. The van der Waals surface area contributed by atoms with Crippen molar-refractivity contribution in [3.63, 3.8) is 0 Å². The van der Waals surface area contributed by atoms with Gasteiger partial charge in [0.1, 0.15) is 10.6 Å². The Bertz CT molecular complexity index is 913. The van der Waals surface area contributed by atoms with Crippen molar-refractivity contribution in [3.8, 4) is 0 Å². The fourth-order valence-corrected chi connectivity index (χ4v) is 4.50. The Kier molecular flexibility index (Phi) is 6.88. The third kappa shape index (κ3) is 5.04. The smallest absolute Gasteiger partial charge is 0.443 e. The first kappa shape index (κ1) is 22.8. The van der Waals surface area contributed by atoms with E-state index in [0.717, 1.165) is 17.7 Å². The van der Waals surface area contributed by atoms with E-state index in [1.807, 2.05) is 6.92 Å². The number of aromatic nitrogens is 1. The molecular formula is C19H28BN3O6S. The van der Waals surface area contributed by atoms with Crippen molar-refractivity contribution in [2.45, 2.75) is 33.3 Å². The van der Waals surface area contributed by atoms with Crippen LogP contribution in [0.5, 0.6) is 0 Å². The second-order valence-electron chi connectivity index (χ2n) is 8.12. The molecule has 2 aromatic rings. The predicted molar refractivity (Wildman–Crippen MR) is 117 cm³/mol. The Labute approximate surface area is 179 Å². The van der Waals surface area contributed by atoms with Crippen molar-refractivity contribution in [2.24, 2.45) is 0 Å². The number of hydrogen-bond donors (Lipinski definition) is 2. The molecular weight excluding hydrogens is 409 g/mol. The Balaban J connectivity index is 1.91. The van der Waals surface area contributed by atoms with Gasteiger partial charge in [-0.2, -0.15) is 0 Å². The van der Waals surface area contributed by atoms with Crippen molar-refractivity contribution in [2.75, 3.05) is 44.3 Å². The quantitative estimate of drug-likeness (QED) is 0.669. The number of anilines is 1. The summed E-state index contributed by atoms with van der Waals surface area (Å²) in [4.78, 5) is 29.4. The highest BCUT2D eigenvalue weighted by Gasteiger charge is 2.29. The molecule has 0 spiro atoms. The summed E-state index contributed by atoms with van der Waals surface area (Å²) in [5.41, 5.74) is -0.238. The Morgan fingerprint density at radius 2 is 1.93 bits per heavy atom. The van der Waals surface area contributed by atoms with Crippen molar-refractivity contribution in [1.29, 1.82) is 0 Å². The third-order valence-corrected chi connectivity index (χ3v) is 5.79. The summed E-state index contributed by atoms with van der Waals surface area (Å²) in [6.07, 6.45) is -0.701. The molecule has 0 atom stereocenters. The van der Waals surface area contributed by atoms with Crippen LogP contribution in [0.2, 0.25) is 0 Å². The summed E-state index contributed by atoms with van der Waals surface area (Å²) in [5.74, 6) is -0.0328. The number of carbonyl (C=O) groups excluding carboxylic acids is 2. The number of amides is 1. The number of likely N-dealkylation sites (N-methyl/N-ethyl adjacent to an activating group) is 1. The number of hydrogen-bond acceptors (Lipinski definition) is 8. The molecule has 0 bridgehead atoms. The van der Waals surface area contributed by atoms with Crippen LogP contribution in [0.25, 0.3) is 10.2 Å². The van der Waals surface area contributed by atoms with E-state index in [1.165, 1.54) is 11.3 Å². The maximum absolute atomic E-state index is 12.9. The van der Waals surface area contributed by atoms with Gasteiger partial charge in [-0.15, -0.1) is 11.3 Å². The van der Waals surface area contributed by atoms with Gasteiger partial charge >= 0.3 is 13.2 Å². The monoisotopic (exact) mass is 437 g/mol. The van der Waals surface area contributed by atoms with Crippen LogP contribution in [0.3, 0.4) is 0 Å². The van der Waals surface area contributed by atoms with Gasteiger partial charge in [0.25, 0.3) is 0 Å². The van der Waals surface area contributed by atoms with Crippen LogP contribution in [0.15, 0.2) is 12.1 Å². The summed E-state index contributed by atoms with van der Waals surface area (Å²) in [6.45, 7) is 10.6.